The molecule has 0 saturated carbocycles. The van der Waals surface area contributed by atoms with Gasteiger partial charge < -0.3 is 15.5 Å². The summed E-state index contributed by atoms with van der Waals surface area (Å²) in [7, 11) is 5.00. The molecular formula is C21H25N5O4S. The molecule has 2 aromatic rings. The largest absolute Gasteiger partial charge is 0.373 e. The molecule has 1 unspecified atom stereocenters. The topological polar surface area (TPSA) is 121 Å². The Hall–Kier alpha value is -3.14. The van der Waals surface area contributed by atoms with Crippen molar-refractivity contribution >= 4 is 45.7 Å². The molecule has 1 atom stereocenters. The van der Waals surface area contributed by atoms with Crippen molar-refractivity contribution < 1.29 is 19.2 Å². The molecule has 9 nitrogen and oxygen atoms in total. The van der Waals surface area contributed by atoms with Crippen LogP contribution in [0.5, 0.6) is 0 Å². The fraction of sp³-hybridized carbons (Fsp3) is 0.429. The predicted molar refractivity (Wildman–Crippen MR) is 118 cm³/mol. The predicted octanol–water partition coefficient (Wildman–Crippen LogP) is 2.40. The van der Waals surface area contributed by atoms with Crippen LogP contribution in [0.3, 0.4) is 0 Å². The Kier molecular flexibility index (Phi) is 7.11. The lowest BCUT2D eigenvalue weighted by molar-refractivity contribution is -0.130. The highest BCUT2D eigenvalue weighted by molar-refractivity contribution is 7.17. The van der Waals surface area contributed by atoms with Crippen LogP contribution in [0.25, 0.3) is 0 Å². The van der Waals surface area contributed by atoms with Crippen molar-refractivity contribution in [1.29, 1.82) is 0 Å². The van der Waals surface area contributed by atoms with Crippen LogP contribution in [0, 0.1) is 5.92 Å². The smallest absolute Gasteiger partial charge is 0.226 e. The maximum atomic E-state index is 13.1. The van der Waals surface area contributed by atoms with Crippen molar-refractivity contribution in [1.82, 2.24) is 14.9 Å². The summed E-state index contributed by atoms with van der Waals surface area (Å²) < 4.78 is 0. The van der Waals surface area contributed by atoms with E-state index in [0.29, 0.717) is 46.3 Å². The Labute approximate surface area is 184 Å². The first-order valence-electron chi connectivity index (χ1n) is 10.0. The first-order chi connectivity index (χ1) is 14.8. The highest BCUT2D eigenvalue weighted by atomic mass is 32.1. The van der Waals surface area contributed by atoms with Gasteiger partial charge in [-0.25, -0.2) is 9.97 Å². The Bertz CT molecular complexity index is 1000. The maximum Gasteiger partial charge on any atom is 0.226 e. The number of ketones is 2. The van der Waals surface area contributed by atoms with Crippen molar-refractivity contribution in [2.45, 2.75) is 32.1 Å². The number of pyridine rings is 1. The van der Waals surface area contributed by atoms with Crippen molar-refractivity contribution in [2.24, 2.45) is 5.92 Å². The lowest BCUT2D eigenvalue weighted by atomic mass is 9.91. The summed E-state index contributed by atoms with van der Waals surface area (Å²) >= 11 is 1.08. The number of fused-ring (bicyclic) bond motifs is 1. The van der Waals surface area contributed by atoms with Gasteiger partial charge in [-0.1, -0.05) is 11.3 Å². The molecule has 2 N–H and O–H groups in total. The third kappa shape index (κ3) is 5.32. The van der Waals surface area contributed by atoms with Crippen molar-refractivity contribution in [3.05, 3.63) is 34.5 Å². The van der Waals surface area contributed by atoms with Gasteiger partial charge in [-0.2, -0.15) is 0 Å². The first-order valence-corrected chi connectivity index (χ1v) is 10.8. The third-order valence-electron chi connectivity index (χ3n) is 5.08. The molecule has 2 aromatic heterocycles. The maximum absolute atomic E-state index is 13.1. The van der Waals surface area contributed by atoms with Gasteiger partial charge in [0.2, 0.25) is 11.8 Å². The van der Waals surface area contributed by atoms with E-state index in [2.05, 4.69) is 20.6 Å². The Morgan fingerprint density at radius 2 is 2.00 bits per heavy atom. The number of amides is 2. The molecule has 3 rings (SSSR count). The summed E-state index contributed by atoms with van der Waals surface area (Å²) in [6.45, 7) is 0. The van der Waals surface area contributed by atoms with Gasteiger partial charge >= 0.3 is 0 Å². The summed E-state index contributed by atoms with van der Waals surface area (Å²) in [5, 5.41) is 5.87. The fourth-order valence-corrected chi connectivity index (χ4v) is 4.32. The number of hydrogen-bond acceptors (Lipinski definition) is 8. The van der Waals surface area contributed by atoms with Gasteiger partial charge in [0.15, 0.2) is 16.7 Å². The number of carbonyl (C=O) groups excluding carboxylic acids is 4. The number of Topliss-reactive ketones (excluding diaryl/α,β-unsaturated/α-hetero) is 2. The summed E-state index contributed by atoms with van der Waals surface area (Å²) in [5.74, 6) is -1.15. The normalized spacial score (nSPS) is 15.6. The van der Waals surface area contributed by atoms with Crippen LogP contribution in [0.4, 0.5) is 10.9 Å². The van der Waals surface area contributed by atoms with Crippen LogP contribution < -0.4 is 10.6 Å². The SMILES string of the molecule is CNc1ccc(C(=O)C2CCCc3nc(NC(=O)CCC(=O)N(C)C)sc3C2=O)cn1. The van der Waals surface area contributed by atoms with E-state index in [9.17, 15) is 19.2 Å². The molecule has 0 bridgehead atoms. The summed E-state index contributed by atoms with van der Waals surface area (Å²) in [5.41, 5.74) is 0.998. The molecule has 0 fully saturated rings. The second-order valence-corrected chi connectivity index (χ2v) is 8.49. The number of hydrogen-bond donors (Lipinski definition) is 2. The Morgan fingerprint density at radius 1 is 1.23 bits per heavy atom. The molecule has 0 aromatic carbocycles. The average Bonchev–Trinajstić information content (AvgIpc) is 3.09. The highest BCUT2D eigenvalue weighted by Crippen LogP contribution is 2.33. The van der Waals surface area contributed by atoms with E-state index in [1.807, 2.05) is 0 Å². The van der Waals surface area contributed by atoms with E-state index in [1.54, 1.807) is 33.3 Å². The molecule has 2 heterocycles. The number of aryl methyl sites for hydroxylation is 1. The summed E-state index contributed by atoms with van der Waals surface area (Å²) in [4.78, 5) is 60.2. The van der Waals surface area contributed by atoms with E-state index in [1.165, 1.54) is 11.1 Å². The second kappa shape index (κ2) is 9.78. The lowest BCUT2D eigenvalue weighted by Gasteiger charge is -2.12. The minimum atomic E-state index is -0.787. The first kappa shape index (κ1) is 22.5. The zero-order chi connectivity index (χ0) is 22.5. The monoisotopic (exact) mass is 443 g/mol. The summed E-state index contributed by atoms with van der Waals surface area (Å²) in [6.07, 6.45) is 3.26. The molecule has 0 spiro atoms. The molecule has 1 aliphatic carbocycles. The molecule has 2 amide bonds. The van der Waals surface area contributed by atoms with Crippen LogP contribution in [-0.2, 0) is 16.0 Å². The lowest BCUT2D eigenvalue weighted by Crippen LogP contribution is -2.23. The molecule has 0 radical (unpaired) electrons. The van der Waals surface area contributed by atoms with E-state index >= 15 is 0 Å². The minimum absolute atomic E-state index is 0.0337. The number of carbonyl (C=O) groups is 4. The number of anilines is 2. The second-order valence-electron chi connectivity index (χ2n) is 7.49. The molecule has 10 heteroatoms. The Balaban J connectivity index is 1.71. The van der Waals surface area contributed by atoms with E-state index in [4.69, 9.17) is 0 Å². The van der Waals surface area contributed by atoms with Gasteiger partial charge in [-0.15, -0.1) is 0 Å². The number of rotatable bonds is 7. The van der Waals surface area contributed by atoms with Gasteiger partial charge in [-0.3, -0.25) is 19.2 Å². The van der Waals surface area contributed by atoms with Crippen molar-refractivity contribution in [2.75, 3.05) is 31.8 Å². The number of aromatic nitrogens is 2. The van der Waals surface area contributed by atoms with Gasteiger partial charge in [0, 0.05) is 45.7 Å². The number of nitrogens with one attached hydrogen (secondary N) is 2. The molecule has 0 aliphatic heterocycles. The van der Waals surface area contributed by atoms with Crippen LogP contribution in [0.15, 0.2) is 18.3 Å². The zero-order valence-electron chi connectivity index (χ0n) is 17.7. The van der Waals surface area contributed by atoms with E-state index in [0.717, 1.165) is 11.3 Å². The van der Waals surface area contributed by atoms with Crippen molar-refractivity contribution in [3.63, 3.8) is 0 Å². The standard InChI is InChI=1S/C21H25N5O4S/c1-22-15-8-7-12(11-23-15)18(29)13-5-4-6-14-20(19(13)30)31-21(24-14)25-16(27)9-10-17(28)26(2)3/h7-8,11,13H,4-6,9-10H2,1-3H3,(H,22,23)(H,24,25,27). The molecule has 0 saturated heterocycles. The zero-order valence-corrected chi connectivity index (χ0v) is 18.5. The van der Waals surface area contributed by atoms with Crippen LogP contribution in [-0.4, -0.2) is 59.4 Å². The molecular weight excluding hydrogens is 418 g/mol. The van der Waals surface area contributed by atoms with Gasteiger partial charge in [-0.05, 0) is 31.4 Å². The number of nitrogens with zero attached hydrogens (tertiary/aromatic N) is 3. The Morgan fingerprint density at radius 3 is 2.65 bits per heavy atom. The van der Waals surface area contributed by atoms with Crippen LogP contribution in [0.2, 0.25) is 0 Å². The van der Waals surface area contributed by atoms with E-state index in [-0.39, 0.29) is 36.2 Å². The number of thiazole rings is 1. The van der Waals surface area contributed by atoms with Gasteiger partial charge in [0.1, 0.15) is 5.82 Å². The minimum Gasteiger partial charge on any atom is -0.373 e. The van der Waals surface area contributed by atoms with Crippen molar-refractivity contribution in [3.8, 4) is 0 Å². The molecule has 1 aliphatic rings. The molecule has 164 valence electrons. The van der Waals surface area contributed by atoms with Gasteiger partial charge in [0.25, 0.3) is 0 Å². The third-order valence-corrected chi connectivity index (χ3v) is 6.10. The van der Waals surface area contributed by atoms with E-state index < -0.39 is 5.92 Å². The highest BCUT2D eigenvalue weighted by Gasteiger charge is 2.34. The fourth-order valence-electron chi connectivity index (χ4n) is 3.29. The van der Waals surface area contributed by atoms with Crippen LogP contribution >= 0.6 is 11.3 Å². The molecule has 31 heavy (non-hydrogen) atoms. The average molecular weight is 444 g/mol. The quantitative estimate of drug-likeness (QED) is 0.383. The van der Waals surface area contributed by atoms with Gasteiger partial charge in [0.05, 0.1) is 16.5 Å². The summed E-state index contributed by atoms with van der Waals surface area (Å²) in [6, 6.07) is 3.36. The van der Waals surface area contributed by atoms with Crippen LogP contribution in [0.1, 0.15) is 51.4 Å².